The Bertz CT molecular complexity index is 634. The molecule has 0 spiro atoms. The molecule has 1 aromatic carbocycles. The largest absolute Gasteiger partial charge is 0.478 e. The monoisotopic (exact) mass is 273 g/mol. The van der Waals surface area contributed by atoms with Gasteiger partial charge in [0.25, 0.3) is 5.91 Å². The fourth-order valence-electron chi connectivity index (χ4n) is 2.03. The summed E-state index contributed by atoms with van der Waals surface area (Å²) in [7, 11) is 1.55. The van der Waals surface area contributed by atoms with Crippen LogP contribution < -0.4 is 4.90 Å². The number of amides is 1. The summed E-state index contributed by atoms with van der Waals surface area (Å²) in [6.45, 7) is 2.27. The van der Waals surface area contributed by atoms with E-state index in [1.165, 1.54) is 15.8 Å². The van der Waals surface area contributed by atoms with Gasteiger partial charge in [0.05, 0.1) is 6.20 Å². The van der Waals surface area contributed by atoms with Crippen LogP contribution in [0.3, 0.4) is 0 Å². The number of nitrogens with zero attached hydrogens (tertiary/aromatic N) is 3. The highest BCUT2D eigenvalue weighted by Gasteiger charge is 2.26. The first-order valence-corrected chi connectivity index (χ1v) is 6.18. The minimum Gasteiger partial charge on any atom is -0.478 e. The van der Waals surface area contributed by atoms with Crippen LogP contribution in [-0.2, 0) is 7.05 Å². The Kier molecular flexibility index (Phi) is 3.84. The van der Waals surface area contributed by atoms with E-state index in [0.717, 1.165) is 5.69 Å². The van der Waals surface area contributed by atoms with Gasteiger partial charge in [-0.2, -0.15) is 5.10 Å². The van der Waals surface area contributed by atoms with Crippen molar-refractivity contribution in [3.8, 4) is 0 Å². The van der Waals surface area contributed by atoms with E-state index in [-0.39, 0.29) is 17.2 Å². The number of carboxylic acid groups (broad SMARTS) is 1. The summed E-state index contributed by atoms with van der Waals surface area (Å²) in [5, 5.41) is 13.0. The maximum atomic E-state index is 12.6. The fraction of sp³-hybridized carbons (Fsp3) is 0.214. The van der Waals surface area contributed by atoms with Crippen molar-refractivity contribution in [2.24, 2.45) is 7.05 Å². The highest BCUT2D eigenvalue weighted by atomic mass is 16.4. The molecular weight excluding hydrogens is 258 g/mol. The van der Waals surface area contributed by atoms with Crippen LogP contribution in [0.15, 0.2) is 36.5 Å². The van der Waals surface area contributed by atoms with Crippen LogP contribution in [0, 0.1) is 0 Å². The molecule has 6 heteroatoms. The summed E-state index contributed by atoms with van der Waals surface area (Å²) < 4.78 is 1.29. The molecule has 0 saturated carbocycles. The van der Waals surface area contributed by atoms with Crippen LogP contribution in [0.4, 0.5) is 5.69 Å². The molecule has 0 bridgehead atoms. The van der Waals surface area contributed by atoms with E-state index in [4.69, 9.17) is 5.11 Å². The maximum absolute atomic E-state index is 12.6. The molecule has 6 nitrogen and oxygen atoms in total. The highest BCUT2D eigenvalue weighted by Crippen LogP contribution is 2.18. The zero-order valence-corrected chi connectivity index (χ0v) is 11.3. The molecule has 2 rings (SSSR count). The van der Waals surface area contributed by atoms with Crippen molar-refractivity contribution < 1.29 is 14.7 Å². The van der Waals surface area contributed by atoms with Crippen molar-refractivity contribution >= 4 is 17.6 Å². The first kappa shape index (κ1) is 13.8. The van der Waals surface area contributed by atoms with Crippen molar-refractivity contribution in [1.82, 2.24) is 9.78 Å². The number of aromatic nitrogens is 2. The number of hydrogen-bond donors (Lipinski definition) is 1. The number of anilines is 1. The molecule has 0 unspecified atom stereocenters. The molecule has 1 heterocycles. The number of para-hydroxylation sites is 1. The van der Waals surface area contributed by atoms with Gasteiger partial charge in [-0.3, -0.25) is 9.48 Å². The van der Waals surface area contributed by atoms with Crippen LogP contribution in [0.25, 0.3) is 0 Å². The second-order valence-electron chi connectivity index (χ2n) is 4.22. The average molecular weight is 273 g/mol. The van der Waals surface area contributed by atoms with E-state index in [9.17, 15) is 9.59 Å². The molecule has 0 atom stereocenters. The van der Waals surface area contributed by atoms with Crippen molar-refractivity contribution in [1.29, 1.82) is 0 Å². The SMILES string of the molecule is CCN(C(=O)c1c(C(=O)O)cnn1C)c1ccccc1. The zero-order chi connectivity index (χ0) is 14.7. The minimum atomic E-state index is -1.16. The van der Waals surface area contributed by atoms with Gasteiger partial charge in [0.1, 0.15) is 11.3 Å². The number of benzene rings is 1. The predicted molar refractivity (Wildman–Crippen MR) is 74.0 cm³/mol. The number of rotatable bonds is 4. The average Bonchev–Trinajstić information content (AvgIpc) is 2.82. The third kappa shape index (κ3) is 2.40. The zero-order valence-electron chi connectivity index (χ0n) is 11.3. The molecule has 1 amide bonds. The molecule has 1 N–H and O–H groups in total. The normalized spacial score (nSPS) is 10.3. The van der Waals surface area contributed by atoms with Crippen molar-refractivity contribution in [2.75, 3.05) is 11.4 Å². The molecule has 104 valence electrons. The molecule has 20 heavy (non-hydrogen) atoms. The first-order chi connectivity index (χ1) is 9.56. The van der Waals surface area contributed by atoms with Crippen LogP contribution >= 0.6 is 0 Å². The summed E-state index contributed by atoms with van der Waals surface area (Å²) in [5.41, 5.74) is 0.702. The van der Waals surface area contributed by atoms with Gasteiger partial charge in [0.2, 0.25) is 0 Å². The van der Waals surface area contributed by atoms with Crippen molar-refractivity contribution in [2.45, 2.75) is 6.92 Å². The molecular formula is C14H15N3O3. The number of aromatic carboxylic acids is 1. The van der Waals surface area contributed by atoms with Crippen molar-refractivity contribution in [3.05, 3.63) is 47.8 Å². The highest BCUT2D eigenvalue weighted by molar-refractivity contribution is 6.10. The van der Waals surface area contributed by atoms with E-state index in [1.807, 2.05) is 25.1 Å². The maximum Gasteiger partial charge on any atom is 0.339 e. The van der Waals surface area contributed by atoms with Gasteiger partial charge in [-0.25, -0.2) is 4.79 Å². The first-order valence-electron chi connectivity index (χ1n) is 6.18. The Morgan fingerprint density at radius 3 is 2.50 bits per heavy atom. The summed E-state index contributed by atoms with van der Waals surface area (Å²) >= 11 is 0. The van der Waals surface area contributed by atoms with Gasteiger partial charge in [-0.1, -0.05) is 18.2 Å². The van der Waals surface area contributed by atoms with Gasteiger partial charge in [0.15, 0.2) is 0 Å². The standard InChI is InChI=1S/C14H15N3O3/c1-3-17(10-7-5-4-6-8-10)13(18)12-11(14(19)20)9-15-16(12)2/h4-9H,3H2,1-2H3,(H,19,20). The second-order valence-corrected chi connectivity index (χ2v) is 4.22. The fourth-order valence-corrected chi connectivity index (χ4v) is 2.03. The number of carbonyl (C=O) groups is 2. The number of carbonyl (C=O) groups excluding carboxylic acids is 1. The van der Waals surface area contributed by atoms with Gasteiger partial charge in [-0.05, 0) is 19.1 Å². The molecule has 0 saturated heterocycles. The Morgan fingerprint density at radius 2 is 1.95 bits per heavy atom. The third-order valence-electron chi connectivity index (χ3n) is 3.00. The van der Waals surface area contributed by atoms with Crippen LogP contribution in [0.1, 0.15) is 27.8 Å². The minimum absolute atomic E-state index is 0.0724. The predicted octanol–water partition coefficient (Wildman–Crippen LogP) is 1.78. The Hall–Kier alpha value is -2.63. The molecule has 0 aliphatic heterocycles. The van der Waals surface area contributed by atoms with E-state index in [0.29, 0.717) is 6.54 Å². The van der Waals surface area contributed by atoms with E-state index < -0.39 is 5.97 Å². The van der Waals surface area contributed by atoms with E-state index in [1.54, 1.807) is 19.2 Å². The van der Waals surface area contributed by atoms with Gasteiger partial charge in [0, 0.05) is 19.3 Å². The molecule has 0 aliphatic rings. The van der Waals surface area contributed by atoms with Gasteiger partial charge < -0.3 is 10.0 Å². The Morgan fingerprint density at radius 1 is 1.30 bits per heavy atom. The topological polar surface area (TPSA) is 75.4 Å². The lowest BCUT2D eigenvalue weighted by Gasteiger charge is -2.21. The molecule has 0 radical (unpaired) electrons. The van der Waals surface area contributed by atoms with Crippen LogP contribution in [0.2, 0.25) is 0 Å². The summed E-state index contributed by atoms with van der Waals surface area (Å²) in [6, 6.07) is 9.12. The van der Waals surface area contributed by atoms with E-state index in [2.05, 4.69) is 5.10 Å². The lowest BCUT2D eigenvalue weighted by molar-refractivity contribution is 0.0691. The lowest BCUT2D eigenvalue weighted by atomic mass is 10.2. The Balaban J connectivity index is 2.45. The quantitative estimate of drug-likeness (QED) is 0.921. The van der Waals surface area contributed by atoms with Gasteiger partial charge >= 0.3 is 5.97 Å². The van der Waals surface area contributed by atoms with Crippen LogP contribution in [-0.4, -0.2) is 33.3 Å². The number of carboxylic acids is 1. The molecule has 1 aromatic heterocycles. The summed E-state index contributed by atoms with van der Waals surface area (Å²) in [5.74, 6) is -1.54. The Labute approximate surface area is 116 Å². The number of hydrogen-bond acceptors (Lipinski definition) is 3. The third-order valence-corrected chi connectivity index (χ3v) is 3.00. The lowest BCUT2D eigenvalue weighted by Crippen LogP contribution is -2.33. The summed E-state index contributed by atoms with van der Waals surface area (Å²) in [6.07, 6.45) is 1.19. The van der Waals surface area contributed by atoms with Crippen molar-refractivity contribution in [3.63, 3.8) is 0 Å². The van der Waals surface area contributed by atoms with E-state index >= 15 is 0 Å². The molecule has 0 fully saturated rings. The van der Waals surface area contributed by atoms with Crippen LogP contribution in [0.5, 0.6) is 0 Å². The number of aryl methyl sites for hydroxylation is 1. The molecule has 0 aliphatic carbocycles. The van der Waals surface area contributed by atoms with Gasteiger partial charge in [-0.15, -0.1) is 0 Å². The smallest absolute Gasteiger partial charge is 0.339 e. The molecule has 2 aromatic rings. The summed E-state index contributed by atoms with van der Waals surface area (Å²) in [4.78, 5) is 25.3. The second kappa shape index (κ2) is 5.56.